The van der Waals surface area contributed by atoms with E-state index < -0.39 is 17.7 Å². The highest BCUT2D eigenvalue weighted by Gasteiger charge is 2.69. The number of rotatable bonds is 9. The summed E-state index contributed by atoms with van der Waals surface area (Å²) in [5.41, 5.74) is 1.16. The molecular weight excluding hydrogens is 436 g/mol. The average molecular weight is 489 g/mol. The predicted molar refractivity (Wildman–Crippen MR) is 143 cm³/mol. The van der Waals surface area contributed by atoms with Gasteiger partial charge in [0.1, 0.15) is 0 Å². The molecule has 9 atom stereocenters. The quantitative estimate of drug-likeness (QED) is 0.305. The number of carbonyl (C=O) groups is 1. The van der Waals surface area contributed by atoms with E-state index >= 15 is 0 Å². The van der Waals surface area contributed by atoms with Crippen LogP contribution in [0.25, 0.3) is 0 Å². The first-order chi connectivity index (χ1) is 16.0. The van der Waals surface area contributed by atoms with Gasteiger partial charge in [-0.05, 0) is 111 Å². The van der Waals surface area contributed by atoms with Crippen molar-refractivity contribution in [1.29, 1.82) is 0 Å². The van der Waals surface area contributed by atoms with Crippen LogP contribution in [0.3, 0.4) is 0 Å². The highest BCUT2D eigenvalue weighted by Crippen LogP contribution is 2.74. The van der Waals surface area contributed by atoms with Crippen LogP contribution in [0.15, 0.2) is 24.3 Å². The van der Waals surface area contributed by atoms with Gasteiger partial charge in [0, 0.05) is 6.42 Å². The first-order valence-corrected chi connectivity index (χ1v) is 14.0. The van der Waals surface area contributed by atoms with Crippen LogP contribution in [0.5, 0.6) is 0 Å². The number of aliphatic carboxylic acids is 1. The summed E-state index contributed by atoms with van der Waals surface area (Å²) in [6.07, 6.45) is 6.48. The van der Waals surface area contributed by atoms with Crippen LogP contribution in [0.1, 0.15) is 106 Å². The largest absolute Gasteiger partial charge is 0.481 e. The molecule has 3 N–H and O–H groups in total. The van der Waals surface area contributed by atoms with E-state index in [0.717, 1.165) is 37.7 Å². The lowest BCUT2D eigenvalue weighted by atomic mass is 9.37. The molecule has 0 aromatic heterocycles. The molecule has 0 heterocycles. The zero-order valence-electron chi connectivity index (χ0n) is 23.5. The topological polar surface area (TPSA) is 77.8 Å². The Morgan fingerprint density at radius 1 is 1.09 bits per heavy atom. The summed E-state index contributed by atoms with van der Waals surface area (Å²) in [7, 11) is 0. The molecule has 0 aromatic carbocycles. The molecule has 3 aliphatic rings. The van der Waals surface area contributed by atoms with Crippen LogP contribution in [0, 0.1) is 45.8 Å². The third-order valence-electron chi connectivity index (χ3n) is 11.7. The van der Waals surface area contributed by atoms with E-state index in [1.165, 1.54) is 5.57 Å². The van der Waals surface area contributed by atoms with E-state index in [-0.39, 0.29) is 46.3 Å². The van der Waals surface area contributed by atoms with Crippen molar-refractivity contribution in [2.24, 2.45) is 45.8 Å². The lowest BCUT2D eigenvalue weighted by Crippen LogP contribution is -2.63. The molecule has 4 nitrogen and oxygen atoms in total. The number of hydrogen-bond donors (Lipinski definition) is 3. The minimum absolute atomic E-state index is 0.0114. The Kier molecular flexibility index (Phi) is 7.83. The Morgan fingerprint density at radius 2 is 1.69 bits per heavy atom. The second-order valence-electron chi connectivity index (χ2n) is 13.9. The number of hydrogen-bond acceptors (Lipinski definition) is 3. The number of carboxylic acid groups (broad SMARTS) is 1. The molecule has 0 amide bonds. The molecule has 0 aliphatic heterocycles. The fourth-order valence-corrected chi connectivity index (χ4v) is 9.24. The van der Waals surface area contributed by atoms with Gasteiger partial charge in [-0.15, -0.1) is 0 Å². The van der Waals surface area contributed by atoms with Crippen LogP contribution < -0.4 is 0 Å². The monoisotopic (exact) mass is 488 g/mol. The van der Waals surface area contributed by atoms with Crippen LogP contribution in [0.4, 0.5) is 0 Å². The van der Waals surface area contributed by atoms with Crippen LogP contribution in [-0.4, -0.2) is 33.0 Å². The van der Waals surface area contributed by atoms with Crippen molar-refractivity contribution in [3.05, 3.63) is 24.3 Å². The second kappa shape index (κ2) is 9.63. The zero-order valence-corrected chi connectivity index (χ0v) is 23.5. The predicted octanol–water partition coefficient (Wildman–Crippen LogP) is 7.01. The highest BCUT2D eigenvalue weighted by molar-refractivity contribution is 5.66. The van der Waals surface area contributed by atoms with Gasteiger partial charge < -0.3 is 15.3 Å². The van der Waals surface area contributed by atoms with Gasteiger partial charge in [-0.25, -0.2) is 0 Å². The summed E-state index contributed by atoms with van der Waals surface area (Å²) >= 11 is 0. The van der Waals surface area contributed by atoms with Crippen LogP contribution in [0.2, 0.25) is 0 Å². The van der Waals surface area contributed by atoms with Gasteiger partial charge in [0.25, 0.3) is 0 Å². The number of carboxylic acids is 1. The molecule has 200 valence electrons. The van der Waals surface area contributed by atoms with Crippen molar-refractivity contribution < 1.29 is 20.1 Å². The van der Waals surface area contributed by atoms with E-state index in [1.54, 1.807) is 0 Å². The SMILES string of the molecule is C=C(CC[C@](C)(O)[C@H]1CC[C@]2(C)[C@@H]1[C@H](O)C[C@@H]1[C@@](C)(CCC(=O)O)[C@H](C(=C)C)CC[C@]12C)C(C)C. The molecule has 0 radical (unpaired) electrons. The number of aliphatic hydroxyl groups excluding tert-OH is 1. The zero-order chi connectivity index (χ0) is 26.6. The maximum atomic E-state index is 11.8. The van der Waals surface area contributed by atoms with E-state index in [9.17, 15) is 20.1 Å². The first kappa shape index (κ1) is 28.4. The van der Waals surface area contributed by atoms with Crippen molar-refractivity contribution >= 4 is 5.97 Å². The second-order valence-corrected chi connectivity index (χ2v) is 13.9. The number of allylic oxidation sites excluding steroid dienone is 2. The first-order valence-electron chi connectivity index (χ1n) is 14.0. The standard InChI is InChI=1S/C31H52O4/c1-19(2)21(5)10-17-31(9,35)23-12-16-30(8)27(23)24(32)18-25-28(6,14-13-26(33)34)22(20(3)4)11-15-29(25,30)7/h19,22-25,27,32,35H,3,5,10-18H2,1-2,4,6-9H3,(H,33,34)/t22-,23-,24+,25+,27-,28-,29+,30+,31-/m0/s1. The third-order valence-corrected chi connectivity index (χ3v) is 11.7. The molecule has 0 saturated heterocycles. The van der Waals surface area contributed by atoms with Gasteiger partial charge >= 0.3 is 5.97 Å². The molecule has 3 rings (SSSR count). The molecule has 3 aliphatic carbocycles. The molecule has 35 heavy (non-hydrogen) atoms. The van der Waals surface area contributed by atoms with Crippen molar-refractivity contribution in [1.82, 2.24) is 0 Å². The van der Waals surface area contributed by atoms with Gasteiger partial charge in [-0.2, -0.15) is 0 Å². The van der Waals surface area contributed by atoms with E-state index in [4.69, 9.17) is 0 Å². The fraction of sp³-hybridized carbons (Fsp3) is 0.839. The van der Waals surface area contributed by atoms with Gasteiger partial charge in [0.05, 0.1) is 11.7 Å². The van der Waals surface area contributed by atoms with Gasteiger partial charge in [-0.3, -0.25) is 4.79 Å². The highest BCUT2D eigenvalue weighted by atomic mass is 16.4. The van der Waals surface area contributed by atoms with Crippen molar-refractivity contribution in [3.8, 4) is 0 Å². The molecule has 4 heteroatoms. The maximum Gasteiger partial charge on any atom is 0.303 e. The van der Waals surface area contributed by atoms with Crippen molar-refractivity contribution in [3.63, 3.8) is 0 Å². The summed E-state index contributed by atoms with van der Waals surface area (Å²) in [6.45, 7) is 24.0. The fourth-order valence-electron chi connectivity index (χ4n) is 9.24. The van der Waals surface area contributed by atoms with Crippen LogP contribution in [-0.2, 0) is 4.79 Å². The summed E-state index contributed by atoms with van der Waals surface area (Å²) in [6, 6.07) is 0. The molecular formula is C31H52O4. The van der Waals surface area contributed by atoms with Gasteiger partial charge in [0.15, 0.2) is 0 Å². The van der Waals surface area contributed by atoms with E-state index in [2.05, 4.69) is 54.7 Å². The van der Waals surface area contributed by atoms with Gasteiger partial charge in [-0.1, -0.05) is 58.9 Å². The molecule has 3 fully saturated rings. The minimum Gasteiger partial charge on any atom is -0.481 e. The summed E-state index contributed by atoms with van der Waals surface area (Å²) in [4.78, 5) is 11.6. The van der Waals surface area contributed by atoms with Crippen molar-refractivity contribution in [2.45, 2.75) is 118 Å². The molecule has 3 saturated carbocycles. The lowest BCUT2D eigenvalue weighted by Gasteiger charge is -2.67. The Labute approximate surface area is 214 Å². The molecule has 0 aromatic rings. The summed E-state index contributed by atoms with van der Waals surface area (Å²) in [5, 5.41) is 33.0. The number of fused-ring (bicyclic) bond motifs is 3. The lowest BCUT2D eigenvalue weighted by molar-refractivity contribution is -0.213. The normalized spacial score (nSPS) is 42.7. The smallest absolute Gasteiger partial charge is 0.303 e. The Bertz CT molecular complexity index is 843. The average Bonchev–Trinajstić information content (AvgIpc) is 3.13. The molecule has 0 unspecified atom stereocenters. The Hall–Kier alpha value is -1.13. The Morgan fingerprint density at radius 3 is 2.23 bits per heavy atom. The molecule has 0 spiro atoms. The molecule has 0 bridgehead atoms. The van der Waals surface area contributed by atoms with Crippen LogP contribution >= 0.6 is 0 Å². The number of aliphatic hydroxyl groups is 2. The van der Waals surface area contributed by atoms with Gasteiger partial charge in [0.2, 0.25) is 0 Å². The maximum absolute atomic E-state index is 11.8. The van der Waals surface area contributed by atoms with E-state index in [1.807, 2.05) is 6.92 Å². The van der Waals surface area contributed by atoms with E-state index in [0.29, 0.717) is 25.2 Å². The van der Waals surface area contributed by atoms with Crippen molar-refractivity contribution in [2.75, 3.05) is 0 Å². The summed E-state index contributed by atoms with van der Waals surface area (Å²) in [5.74, 6) is 0.270. The Balaban J connectivity index is 1.96. The third kappa shape index (κ3) is 4.67. The minimum atomic E-state index is -0.841. The summed E-state index contributed by atoms with van der Waals surface area (Å²) < 4.78 is 0.